The summed E-state index contributed by atoms with van der Waals surface area (Å²) in [5.41, 5.74) is 6.59. The van der Waals surface area contributed by atoms with Crippen LogP contribution >= 0.6 is 0 Å². The standard InChI is InChI=1S/C11H20N4O2/c1-4-9-14-10(12)7(2)11(15-9)13-8(5-16)6-17-3/h8,16H,4-6H2,1-3H3,(H3,12,13,14,15). The Bertz CT molecular complexity index is 371. The maximum Gasteiger partial charge on any atom is 0.135 e. The smallest absolute Gasteiger partial charge is 0.135 e. The molecule has 0 amide bonds. The minimum Gasteiger partial charge on any atom is -0.394 e. The molecule has 1 heterocycles. The van der Waals surface area contributed by atoms with E-state index in [4.69, 9.17) is 10.5 Å². The van der Waals surface area contributed by atoms with Gasteiger partial charge in [0.05, 0.1) is 19.3 Å². The molecular weight excluding hydrogens is 220 g/mol. The van der Waals surface area contributed by atoms with E-state index in [9.17, 15) is 5.11 Å². The third-order valence-corrected chi connectivity index (χ3v) is 2.48. The van der Waals surface area contributed by atoms with Gasteiger partial charge in [0.25, 0.3) is 0 Å². The SMILES string of the molecule is CCc1nc(N)c(C)c(NC(CO)COC)n1. The van der Waals surface area contributed by atoms with E-state index in [2.05, 4.69) is 15.3 Å². The average molecular weight is 240 g/mol. The first kappa shape index (κ1) is 13.7. The molecule has 6 nitrogen and oxygen atoms in total. The molecule has 0 aliphatic rings. The summed E-state index contributed by atoms with van der Waals surface area (Å²) in [6.07, 6.45) is 0.716. The number of nitrogens with one attached hydrogen (secondary N) is 1. The van der Waals surface area contributed by atoms with Gasteiger partial charge in [-0.1, -0.05) is 6.92 Å². The third kappa shape index (κ3) is 3.54. The van der Waals surface area contributed by atoms with E-state index in [-0.39, 0.29) is 12.6 Å². The molecule has 0 aliphatic heterocycles. The Morgan fingerprint density at radius 1 is 1.47 bits per heavy atom. The van der Waals surface area contributed by atoms with Crippen molar-refractivity contribution in [2.75, 3.05) is 31.4 Å². The second-order valence-electron chi connectivity index (χ2n) is 3.83. The Kier molecular flexibility index (Phi) is 5.11. The topological polar surface area (TPSA) is 93.3 Å². The van der Waals surface area contributed by atoms with Gasteiger partial charge in [-0.3, -0.25) is 0 Å². The molecule has 4 N–H and O–H groups in total. The Balaban J connectivity index is 2.92. The van der Waals surface area contributed by atoms with Crippen LogP contribution in [0.4, 0.5) is 11.6 Å². The fourth-order valence-electron chi connectivity index (χ4n) is 1.42. The summed E-state index contributed by atoms with van der Waals surface area (Å²) in [6, 6.07) is -0.197. The molecule has 0 bridgehead atoms. The van der Waals surface area contributed by atoms with Gasteiger partial charge in [-0.25, -0.2) is 9.97 Å². The highest BCUT2D eigenvalue weighted by Crippen LogP contribution is 2.18. The van der Waals surface area contributed by atoms with E-state index >= 15 is 0 Å². The summed E-state index contributed by atoms with van der Waals surface area (Å²) in [7, 11) is 1.59. The van der Waals surface area contributed by atoms with E-state index in [0.717, 1.165) is 5.56 Å². The van der Waals surface area contributed by atoms with Crippen molar-refractivity contribution in [3.05, 3.63) is 11.4 Å². The number of aliphatic hydroxyl groups excluding tert-OH is 1. The Morgan fingerprint density at radius 2 is 2.18 bits per heavy atom. The Hall–Kier alpha value is -1.40. The number of nitrogens with zero attached hydrogens (tertiary/aromatic N) is 2. The molecule has 0 fully saturated rings. The molecule has 0 aliphatic carbocycles. The minimum atomic E-state index is -0.197. The van der Waals surface area contributed by atoms with Crippen molar-refractivity contribution in [2.45, 2.75) is 26.3 Å². The zero-order chi connectivity index (χ0) is 12.8. The second kappa shape index (κ2) is 6.36. The first-order valence-corrected chi connectivity index (χ1v) is 5.61. The lowest BCUT2D eigenvalue weighted by Gasteiger charge is -2.18. The van der Waals surface area contributed by atoms with Gasteiger partial charge in [-0.15, -0.1) is 0 Å². The molecule has 0 radical (unpaired) electrons. The third-order valence-electron chi connectivity index (χ3n) is 2.48. The molecule has 1 aromatic heterocycles. The highest BCUT2D eigenvalue weighted by atomic mass is 16.5. The minimum absolute atomic E-state index is 0.0291. The van der Waals surface area contributed by atoms with Gasteiger partial charge in [0, 0.05) is 19.1 Å². The molecule has 0 saturated carbocycles. The lowest BCUT2D eigenvalue weighted by atomic mass is 10.2. The van der Waals surface area contributed by atoms with Crippen molar-refractivity contribution in [1.29, 1.82) is 0 Å². The number of methoxy groups -OCH3 is 1. The van der Waals surface area contributed by atoms with Crippen molar-refractivity contribution in [3.8, 4) is 0 Å². The lowest BCUT2D eigenvalue weighted by molar-refractivity contribution is 0.153. The fourth-order valence-corrected chi connectivity index (χ4v) is 1.42. The largest absolute Gasteiger partial charge is 0.394 e. The van der Waals surface area contributed by atoms with Gasteiger partial charge in [0.1, 0.15) is 17.5 Å². The van der Waals surface area contributed by atoms with E-state index in [1.54, 1.807) is 7.11 Å². The van der Waals surface area contributed by atoms with Gasteiger partial charge in [-0.05, 0) is 6.92 Å². The van der Waals surface area contributed by atoms with E-state index in [1.807, 2.05) is 13.8 Å². The van der Waals surface area contributed by atoms with E-state index < -0.39 is 0 Å². The highest BCUT2D eigenvalue weighted by Gasteiger charge is 2.12. The summed E-state index contributed by atoms with van der Waals surface area (Å²) in [4.78, 5) is 8.52. The summed E-state index contributed by atoms with van der Waals surface area (Å²) < 4.78 is 5.00. The average Bonchev–Trinajstić information content (AvgIpc) is 2.33. The predicted molar refractivity (Wildman–Crippen MR) is 66.9 cm³/mol. The summed E-state index contributed by atoms with van der Waals surface area (Å²) in [6.45, 7) is 4.19. The van der Waals surface area contributed by atoms with Gasteiger partial charge >= 0.3 is 0 Å². The number of hydrogen-bond donors (Lipinski definition) is 3. The maximum atomic E-state index is 9.19. The van der Waals surface area contributed by atoms with Gasteiger partial charge in [0.15, 0.2) is 0 Å². The number of aryl methyl sites for hydroxylation is 1. The highest BCUT2D eigenvalue weighted by molar-refractivity contribution is 5.55. The molecule has 1 aromatic rings. The quantitative estimate of drug-likeness (QED) is 0.664. The molecule has 96 valence electrons. The monoisotopic (exact) mass is 240 g/mol. The molecular formula is C11H20N4O2. The summed E-state index contributed by atoms with van der Waals surface area (Å²) in [5, 5.41) is 12.3. The zero-order valence-electron chi connectivity index (χ0n) is 10.5. The number of nitrogen functional groups attached to an aromatic ring is 1. The van der Waals surface area contributed by atoms with Crippen LogP contribution in [0.2, 0.25) is 0 Å². The normalized spacial score (nSPS) is 12.5. The molecule has 17 heavy (non-hydrogen) atoms. The predicted octanol–water partition coefficient (Wildman–Crippen LogP) is 0.349. The van der Waals surface area contributed by atoms with Crippen LogP contribution in [-0.2, 0) is 11.2 Å². The second-order valence-corrected chi connectivity index (χ2v) is 3.83. The number of aromatic nitrogens is 2. The van der Waals surface area contributed by atoms with Crippen molar-refractivity contribution in [2.24, 2.45) is 0 Å². The van der Waals surface area contributed by atoms with Crippen LogP contribution in [0.25, 0.3) is 0 Å². The van der Waals surface area contributed by atoms with Crippen LogP contribution in [0.15, 0.2) is 0 Å². The number of rotatable bonds is 6. The summed E-state index contributed by atoms with van der Waals surface area (Å²) in [5.74, 6) is 1.81. The number of nitrogens with two attached hydrogens (primary N) is 1. The van der Waals surface area contributed by atoms with E-state index in [1.165, 1.54) is 0 Å². The van der Waals surface area contributed by atoms with Crippen LogP contribution in [0.3, 0.4) is 0 Å². The van der Waals surface area contributed by atoms with Crippen LogP contribution in [0.1, 0.15) is 18.3 Å². The molecule has 0 aromatic carbocycles. The Morgan fingerprint density at radius 3 is 2.71 bits per heavy atom. The van der Waals surface area contributed by atoms with Crippen LogP contribution in [0.5, 0.6) is 0 Å². The van der Waals surface area contributed by atoms with Gasteiger partial charge < -0.3 is 20.9 Å². The first-order valence-electron chi connectivity index (χ1n) is 5.61. The summed E-state index contributed by atoms with van der Waals surface area (Å²) >= 11 is 0. The van der Waals surface area contributed by atoms with Crippen molar-refractivity contribution in [3.63, 3.8) is 0 Å². The maximum absolute atomic E-state index is 9.19. The van der Waals surface area contributed by atoms with Crippen molar-refractivity contribution < 1.29 is 9.84 Å². The lowest BCUT2D eigenvalue weighted by Crippen LogP contribution is -2.30. The molecule has 1 unspecified atom stereocenters. The first-order chi connectivity index (χ1) is 8.12. The molecule has 1 atom stereocenters. The van der Waals surface area contributed by atoms with E-state index in [0.29, 0.717) is 30.5 Å². The van der Waals surface area contributed by atoms with Crippen LogP contribution in [0, 0.1) is 6.92 Å². The number of ether oxygens (including phenoxy) is 1. The molecule has 6 heteroatoms. The van der Waals surface area contributed by atoms with Crippen LogP contribution in [-0.4, -0.2) is 41.4 Å². The number of anilines is 2. The zero-order valence-corrected chi connectivity index (χ0v) is 10.5. The molecule has 0 spiro atoms. The van der Waals surface area contributed by atoms with Crippen molar-refractivity contribution in [1.82, 2.24) is 9.97 Å². The van der Waals surface area contributed by atoms with Gasteiger partial charge in [0.2, 0.25) is 0 Å². The molecule has 1 rings (SSSR count). The van der Waals surface area contributed by atoms with Crippen molar-refractivity contribution >= 4 is 11.6 Å². The molecule has 0 saturated heterocycles. The fraction of sp³-hybridized carbons (Fsp3) is 0.636. The van der Waals surface area contributed by atoms with Crippen LogP contribution < -0.4 is 11.1 Å². The Labute approximate surface area is 101 Å². The number of hydrogen-bond acceptors (Lipinski definition) is 6. The van der Waals surface area contributed by atoms with Gasteiger partial charge in [-0.2, -0.15) is 0 Å². The number of aliphatic hydroxyl groups is 1.